The van der Waals surface area contributed by atoms with E-state index in [9.17, 15) is 9.18 Å². The van der Waals surface area contributed by atoms with Crippen molar-refractivity contribution in [1.29, 1.82) is 0 Å². The molecule has 1 nitrogen and oxygen atoms in total. The van der Waals surface area contributed by atoms with Crippen LogP contribution < -0.4 is 0 Å². The minimum atomic E-state index is -0.328. The topological polar surface area (TPSA) is 17.1 Å². The fourth-order valence-corrected chi connectivity index (χ4v) is 2.83. The molecule has 0 aliphatic heterocycles. The molecule has 18 heavy (non-hydrogen) atoms. The van der Waals surface area contributed by atoms with Gasteiger partial charge in [0.1, 0.15) is 5.82 Å². The number of carbonyl (C=O) groups excluding carboxylic acids is 1. The molecule has 0 bridgehead atoms. The Kier molecular flexibility index (Phi) is 4.55. The maximum Gasteiger partial charge on any atom is 0.173 e. The van der Waals surface area contributed by atoms with Crippen molar-refractivity contribution in [3.8, 4) is 0 Å². The summed E-state index contributed by atoms with van der Waals surface area (Å²) >= 11 is 4.85. The maximum atomic E-state index is 12.7. The molecule has 4 heteroatoms. The third kappa shape index (κ3) is 3.68. The monoisotopic (exact) mass is 324 g/mol. The molecule has 0 aromatic heterocycles. The van der Waals surface area contributed by atoms with Gasteiger partial charge in [0, 0.05) is 14.9 Å². The molecule has 0 N–H and O–H groups in total. The first kappa shape index (κ1) is 13.3. The lowest BCUT2D eigenvalue weighted by atomic mass is 10.1. The zero-order chi connectivity index (χ0) is 13.0. The quantitative estimate of drug-likeness (QED) is 0.605. The molecule has 0 saturated carbocycles. The van der Waals surface area contributed by atoms with Crippen LogP contribution >= 0.6 is 27.7 Å². The van der Waals surface area contributed by atoms with Gasteiger partial charge < -0.3 is 0 Å². The second kappa shape index (κ2) is 6.16. The number of carbonyl (C=O) groups is 1. The van der Waals surface area contributed by atoms with Crippen LogP contribution in [-0.2, 0) is 0 Å². The van der Waals surface area contributed by atoms with Crippen LogP contribution in [0.5, 0.6) is 0 Å². The van der Waals surface area contributed by atoms with Gasteiger partial charge in [0.05, 0.1) is 5.75 Å². The zero-order valence-corrected chi connectivity index (χ0v) is 11.8. The predicted octanol–water partition coefficient (Wildman–Crippen LogP) is 4.56. The van der Waals surface area contributed by atoms with Gasteiger partial charge in [0.2, 0.25) is 0 Å². The summed E-state index contributed by atoms with van der Waals surface area (Å²) in [5.74, 6) is 0.0217. The summed E-state index contributed by atoms with van der Waals surface area (Å²) in [7, 11) is 0. The maximum absolute atomic E-state index is 12.7. The summed E-state index contributed by atoms with van der Waals surface area (Å²) < 4.78 is 13.7. The van der Waals surface area contributed by atoms with E-state index in [2.05, 4.69) is 15.9 Å². The van der Waals surface area contributed by atoms with Crippen molar-refractivity contribution in [3.05, 3.63) is 64.4 Å². The van der Waals surface area contributed by atoms with Gasteiger partial charge in [0.25, 0.3) is 0 Å². The van der Waals surface area contributed by atoms with Crippen LogP contribution in [0.15, 0.2) is 57.9 Å². The van der Waals surface area contributed by atoms with Crippen molar-refractivity contribution in [2.24, 2.45) is 0 Å². The first-order valence-corrected chi connectivity index (χ1v) is 7.10. The average Bonchev–Trinajstić information content (AvgIpc) is 2.37. The second-order valence-electron chi connectivity index (χ2n) is 3.68. The fraction of sp³-hybridized carbons (Fsp3) is 0.0714. The van der Waals surface area contributed by atoms with E-state index in [0.29, 0.717) is 11.3 Å². The van der Waals surface area contributed by atoms with Crippen molar-refractivity contribution in [2.45, 2.75) is 4.90 Å². The summed E-state index contributed by atoms with van der Waals surface area (Å²) in [6.07, 6.45) is 0. The molecule has 0 amide bonds. The first-order chi connectivity index (χ1) is 8.65. The molecule has 0 unspecified atom stereocenters. The standard InChI is InChI=1S/C14H10BrFOS/c15-11-2-1-3-13(8-11)18-9-14(17)10-4-6-12(16)7-5-10/h1-8H,9H2. The normalized spacial score (nSPS) is 10.3. The predicted molar refractivity (Wildman–Crippen MR) is 75.6 cm³/mol. The zero-order valence-electron chi connectivity index (χ0n) is 9.40. The van der Waals surface area contributed by atoms with Crippen LogP contribution in [-0.4, -0.2) is 11.5 Å². The largest absolute Gasteiger partial charge is 0.293 e. The van der Waals surface area contributed by atoms with E-state index in [0.717, 1.165) is 9.37 Å². The van der Waals surface area contributed by atoms with Crippen LogP contribution in [0, 0.1) is 5.82 Å². The molecule has 0 atom stereocenters. The summed E-state index contributed by atoms with van der Waals surface area (Å²) in [4.78, 5) is 12.9. The molecule has 0 spiro atoms. The third-order valence-corrected chi connectivity index (χ3v) is 3.82. The lowest BCUT2D eigenvalue weighted by Gasteiger charge is -2.02. The Hall–Kier alpha value is -1.13. The van der Waals surface area contributed by atoms with Gasteiger partial charge in [0.15, 0.2) is 5.78 Å². The smallest absolute Gasteiger partial charge is 0.173 e. The highest BCUT2D eigenvalue weighted by Gasteiger charge is 2.06. The van der Waals surface area contributed by atoms with Crippen molar-refractivity contribution in [3.63, 3.8) is 0 Å². The van der Waals surface area contributed by atoms with Gasteiger partial charge in [-0.3, -0.25) is 4.79 Å². The van der Waals surface area contributed by atoms with Gasteiger partial charge in [-0.1, -0.05) is 22.0 Å². The molecule has 0 aliphatic rings. The Morgan fingerprint density at radius 2 is 1.89 bits per heavy atom. The number of hydrogen-bond acceptors (Lipinski definition) is 2. The van der Waals surface area contributed by atoms with Crippen molar-refractivity contribution >= 4 is 33.5 Å². The molecule has 2 aromatic carbocycles. The summed E-state index contributed by atoms with van der Waals surface area (Å²) in [5, 5.41) is 0. The molecule has 0 saturated heterocycles. The van der Waals surface area contributed by atoms with Gasteiger partial charge in [-0.25, -0.2) is 4.39 Å². The first-order valence-electron chi connectivity index (χ1n) is 5.32. The lowest BCUT2D eigenvalue weighted by molar-refractivity contribution is 0.102. The van der Waals surface area contributed by atoms with Crippen molar-refractivity contribution in [1.82, 2.24) is 0 Å². The van der Waals surface area contributed by atoms with Gasteiger partial charge in [-0.05, 0) is 42.5 Å². The van der Waals surface area contributed by atoms with E-state index in [1.807, 2.05) is 24.3 Å². The molecule has 2 rings (SSSR count). The van der Waals surface area contributed by atoms with E-state index < -0.39 is 0 Å². The van der Waals surface area contributed by atoms with Crippen LogP contribution in [0.2, 0.25) is 0 Å². The lowest BCUT2D eigenvalue weighted by Crippen LogP contribution is -2.02. The SMILES string of the molecule is O=C(CSc1cccc(Br)c1)c1ccc(F)cc1. The van der Waals surface area contributed by atoms with E-state index in [-0.39, 0.29) is 11.6 Å². The van der Waals surface area contributed by atoms with Crippen LogP contribution in [0.4, 0.5) is 4.39 Å². The van der Waals surface area contributed by atoms with Crippen molar-refractivity contribution in [2.75, 3.05) is 5.75 Å². The summed E-state index contributed by atoms with van der Waals surface area (Å²) in [6.45, 7) is 0. The second-order valence-corrected chi connectivity index (χ2v) is 5.64. The van der Waals surface area contributed by atoms with E-state index in [1.165, 1.54) is 36.0 Å². The number of hydrogen-bond donors (Lipinski definition) is 0. The molecule has 0 radical (unpaired) electrons. The summed E-state index contributed by atoms with van der Waals surface area (Å²) in [5.41, 5.74) is 0.541. The Morgan fingerprint density at radius 1 is 1.17 bits per heavy atom. The number of thioether (sulfide) groups is 1. The minimum absolute atomic E-state index is 0.0000227. The van der Waals surface area contributed by atoms with Crippen LogP contribution in [0.25, 0.3) is 0 Å². The third-order valence-electron chi connectivity index (χ3n) is 2.33. The van der Waals surface area contributed by atoms with E-state index >= 15 is 0 Å². The molecule has 0 aliphatic carbocycles. The van der Waals surface area contributed by atoms with Gasteiger partial charge in [-0.2, -0.15) is 0 Å². The van der Waals surface area contributed by atoms with Gasteiger partial charge >= 0.3 is 0 Å². The highest BCUT2D eigenvalue weighted by molar-refractivity contribution is 9.10. The number of benzene rings is 2. The Balaban J connectivity index is 1.98. The highest BCUT2D eigenvalue weighted by Crippen LogP contribution is 2.22. The van der Waals surface area contributed by atoms with E-state index in [4.69, 9.17) is 0 Å². The van der Waals surface area contributed by atoms with Crippen molar-refractivity contribution < 1.29 is 9.18 Å². The number of rotatable bonds is 4. The molecular formula is C14H10BrFOS. The Morgan fingerprint density at radius 3 is 2.56 bits per heavy atom. The molecule has 0 heterocycles. The summed E-state index contributed by atoms with van der Waals surface area (Å²) in [6, 6.07) is 13.4. The fourth-order valence-electron chi connectivity index (χ4n) is 1.42. The minimum Gasteiger partial charge on any atom is -0.293 e. The Labute approximate surface area is 118 Å². The molecule has 0 fully saturated rings. The number of halogens is 2. The molecule has 2 aromatic rings. The molecular weight excluding hydrogens is 315 g/mol. The molecule has 92 valence electrons. The van der Waals surface area contributed by atoms with E-state index in [1.54, 1.807) is 0 Å². The number of Topliss-reactive ketones (excluding diaryl/α,β-unsaturated/α-hetero) is 1. The van der Waals surface area contributed by atoms with Gasteiger partial charge in [-0.15, -0.1) is 11.8 Å². The van der Waals surface area contributed by atoms with Crippen LogP contribution in [0.3, 0.4) is 0 Å². The Bertz CT molecular complexity index is 554. The van der Waals surface area contributed by atoms with Crippen LogP contribution in [0.1, 0.15) is 10.4 Å². The average molecular weight is 325 g/mol. The number of ketones is 1. The highest BCUT2D eigenvalue weighted by atomic mass is 79.9.